The largest absolute Gasteiger partial charge is 0.480 e. The number of benzene rings is 1. The topological polar surface area (TPSA) is 96.7 Å². The highest BCUT2D eigenvalue weighted by atomic mass is 19.1. The van der Waals surface area contributed by atoms with Gasteiger partial charge in [0.2, 0.25) is 0 Å². The van der Waals surface area contributed by atoms with Crippen molar-refractivity contribution in [1.82, 2.24) is 10.2 Å². The Morgan fingerprint density at radius 1 is 1.29 bits per heavy atom. The van der Waals surface area contributed by atoms with E-state index in [4.69, 9.17) is 10.4 Å². The van der Waals surface area contributed by atoms with Crippen molar-refractivity contribution < 1.29 is 19.1 Å². The van der Waals surface area contributed by atoms with Crippen LogP contribution in [0.5, 0.6) is 0 Å². The molecule has 2 N–H and O–H groups in total. The van der Waals surface area contributed by atoms with Gasteiger partial charge in [-0.3, -0.25) is 9.59 Å². The second-order valence-corrected chi connectivity index (χ2v) is 5.21. The number of hydrogen-bond acceptors (Lipinski definition) is 5. The van der Waals surface area contributed by atoms with Gasteiger partial charge in [0.1, 0.15) is 24.0 Å². The fourth-order valence-corrected chi connectivity index (χ4v) is 2.37. The summed E-state index contributed by atoms with van der Waals surface area (Å²) >= 11 is 0. The van der Waals surface area contributed by atoms with E-state index < -0.39 is 18.4 Å². The molecule has 1 amide bonds. The molecule has 1 aliphatic rings. The Balaban J connectivity index is 1.96. The molecule has 1 saturated heterocycles. The monoisotopic (exact) mass is 332 g/mol. The first-order valence-electron chi connectivity index (χ1n) is 7.36. The fraction of sp³-hybridized carbons (Fsp3) is 0.312. The average Bonchev–Trinajstić information content (AvgIpc) is 2.58. The van der Waals surface area contributed by atoms with Gasteiger partial charge in [-0.15, -0.1) is 0 Å². The number of carboxylic acid groups (broad SMARTS) is 1. The lowest BCUT2D eigenvalue weighted by atomic mass is 10.2. The molecular formula is C16H17FN4O3. The van der Waals surface area contributed by atoms with E-state index in [9.17, 15) is 14.0 Å². The number of carbonyl (C=O) groups excluding carboxylic acids is 1. The fourth-order valence-electron chi connectivity index (χ4n) is 2.37. The number of aliphatic carboxylic acids is 1. The van der Waals surface area contributed by atoms with Crippen molar-refractivity contribution in [1.29, 1.82) is 5.26 Å². The van der Waals surface area contributed by atoms with Crippen LogP contribution in [0.1, 0.15) is 0 Å². The first-order valence-corrected chi connectivity index (χ1v) is 7.36. The minimum atomic E-state index is -1.18. The van der Waals surface area contributed by atoms with Gasteiger partial charge in [-0.25, -0.2) is 4.39 Å². The molecule has 0 spiro atoms. The maximum atomic E-state index is 13.8. The highest BCUT2D eigenvalue weighted by molar-refractivity contribution is 5.98. The first-order chi connectivity index (χ1) is 11.5. The molecule has 0 aromatic heterocycles. The number of carboxylic acids is 1. The molecule has 1 fully saturated rings. The molecule has 0 radical (unpaired) electrons. The van der Waals surface area contributed by atoms with E-state index in [0.717, 1.165) is 0 Å². The Bertz CT molecular complexity index is 691. The van der Waals surface area contributed by atoms with Crippen molar-refractivity contribution in [3.8, 4) is 6.07 Å². The maximum absolute atomic E-state index is 13.8. The lowest BCUT2D eigenvalue weighted by molar-refractivity contribution is -0.137. The Labute approximate surface area is 138 Å². The zero-order valence-electron chi connectivity index (χ0n) is 12.9. The number of rotatable bonds is 5. The highest BCUT2D eigenvalue weighted by Gasteiger charge is 2.19. The van der Waals surface area contributed by atoms with E-state index in [1.807, 2.05) is 4.90 Å². The third-order valence-electron chi connectivity index (χ3n) is 3.58. The second kappa shape index (κ2) is 7.97. The smallest absolute Gasteiger partial charge is 0.322 e. The van der Waals surface area contributed by atoms with Gasteiger partial charge in [-0.2, -0.15) is 5.26 Å². The van der Waals surface area contributed by atoms with Crippen molar-refractivity contribution in [3.63, 3.8) is 0 Å². The van der Waals surface area contributed by atoms with E-state index in [2.05, 4.69) is 5.32 Å². The molecule has 0 unspecified atom stereocenters. The van der Waals surface area contributed by atoms with Crippen LogP contribution in [0.2, 0.25) is 0 Å². The predicted molar refractivity (Wildman–Crippen MR) is 84.5 cm³/mol. The summed E-state index contributed by atoms with van der Waals surface area (Å²) < 4.78 is 13.8. The van der Waals surface area contributed by atoms with Crippen molar-refractivity contribution in [3.05, 3.63) is 41.9 Å². The number of carbonyl (C=O) groups is 2. The van der Waals surface area contributed by atoms with E-state index in [1.165, 1.54) is 12.3 Å². The summed E-state index contributed by atoms with van der Waals surface area (Å²) in [6.45, 7) is 1.59. The predicted octanol–water partition coefficient (Wildman–Crippen LogP) is 0.556. The third-order valence-corrected chi connectivity index (χ3v) is 3.58. The van der Waals surface area contributed by atoms with Gasteiger partial charge in [0.15, 0.2) is 0 Å². The molecule has 1 aromatic carbocycles. The van der Waals surface area contributed by atoms with Crippen molar-refractivity contribution in [2.24, 2.45) is 0 Å². The molecule has 1 aromatic rings. The van der Waals surface area contributed by atoms with E-state index in [1.54, 1.807) is 29.2 Å². The van der Waals surface area contributed by atoms with E-state index >= 15 is 0 Å². The normalized spacial score (nSPS) is 14.9. The van der Waals surface area contributed by atoms with Crippen molar-refractivity contribution >= 4 is 17.6 Å². The first kappa shape index (κ1) is 17.3. The number of amides is 1. The third kappa shape index (κ3) is 4.46. The molecule has 126 valence electrons. The molecule has 2 rings (SSSR count). The maximum Gasteiger partial charge on any atom is 0.322 e. The van der Waals surface area contributed by atoms with Gasteiger partial charge in [0.25, 0.3) is 5.91 Å². The minimum Gasteiger partial charge on any atom is -0.480 e. The van der Waals surface area contributed by atoms with Gasteiger partial charge in [0, 0.05) is 32.4 Å². The van der Waals surface area contributed by atoms with Crippen molar-refractivity contribution in [2.45, 2.75) is 0 Å². The van der Waals surface area contributed by atoms with E-state index in [-0.39, 0.29) is 11.4 Å². The lowest BCUT2D eigenvalue weighted by Gasteiger charge is -2.35. The Morgan fingerprint density at radius 2 is 1.96 bits per heavy atom. The summed E-state index contributed by atoms with van der Waals surface area (Å²) in [4.78, 5) is 25.9. The SMILES string of the molecule is N#C/C(=C/N1CCN(c2ccccc2F)CC1)C(=O)NCC(=O)O. The molecule has 0 atom stereocenters. The molecule has 0 bridgehead atoms. The number of piperazine rings is 1. The summed E-state index contributed by atoms with van der Waals surface area (Å²) in [6, 6.07) is 8.28. The summed E-state index contributed by atoms with van der Waals surface area (Å²) in [5.41, 5.74) is 0.372. The molecule has 8 heteroatoms. The molecule has 1 heterocycles. The molecular weight excluding hydrogens is 315 g/mol. The van der Waals surface area contributed by atoms with Crippen LogP contribution in [0.4, 0.5) is 10.1 Å². The molecule has 0 aliphatic carbocycles. The van der Waals surface area contributed by atoms with Crippen LogP contribution in [0.25, 0.3) is 0 Å². The lowest BCUT2D eigenvalue weighted by Crippen LogP contribution is -2.45. The van der Waals surface area contributed by atoms with Gasteiger partial charge in [-0.1, -0.05) is 12.1 Å². The summed E-state index contributed by atoms with van der Waals surface area (Å²) in [7, 11) is 0. The number of anilines is 1. The zero-order valence-corrected chi connectivity index (χ0v) is 12.9. The van der Waals surface area contributed by atoms with Gasteiger partial charge < -0.3 is 20.2 Å². The van der Waals surface area contributed by atoms with Gasteiger partial charge in [0.05, 0.1) is 5.69 Å². The highest BCUT2D eigenvalue weighted by Crippen LogP contribution is 2.20. The Morgan fingerprint density at radius 3 is 2.54 bits per heavy atom. The van der Waals surface area contributed by atoms with Crippen LogP contribution in [-0.2, 0) is 9.59 Å². The number of halogens is 1. The van der Waals surface area contributed by atoms with Crippen LogP contribution >= 0.6 is 0 Å². The summed E-state index contributed by atoms with van der Waals surface area (Å²) in [5.74, 6) is -2.19. The molecule has 1 aliphatic heterocycles. The number of nitrogens with one attached hydrogen (secondary N) is 1. The summed E-state index contributed by atoms with van der Waals surface area (Å²) in [6.07, 6.45) is 1.41. The van der Waals surface area contributed by atoms with Gasteiger partial charge >= 0.3 is 5.97 Å². The zero-order chi connectivity index (χ0) is 17.5. The van der Waals surface area contributed by atoms with Crippen LogP contribution in [0.15, 0.2) is 36.0 Å². The van der Waals surface area contributed by atoms with Crippen LogP contribution < -0.4 is 10.2 Å². The number of hydrogen-bond donors (Lipinski definition) is 2. The summed E-state index contributed by atoms with van der Waals surface area (Å²) in [5, 5.41) is 19.7. The number of nitriles is 1. The van der Waals surface area contributed by atoms with Crippen LogP contribution in [0, 0.1) is 17.1 Å². The molecule has 24 heavy (non-hydrogen) atoms. The minimum absolute atomic E-state index is 0.157. The molecule has 0 saturated carbocycles. The van der Waals surface area contributed by atoms with Crippen molar-refractivity contribution in [2.75, 3.05) is 37.6 Å². The second-order valence-electron chi connectivity index (χ2n) is 5.21. The van der Waals surface area contributed by atoms with Crippen LogP contribution in [0.3, 0.4) is 0 Å². The Kier molecular flexibility index (Phi) is 5.73. The quantitative estimate of drug-likeness (QED) is 0.604. The van der Waals surface area contributed by atoms with E-state index in [0.29, 0.717) is 31.9 Å². The van der Waals surface area contributed by atoms with Gasteiger partial charge in [-0.05, 0) is 12.1 Å². The standard InChI is InChI=1S/C16H17FN4O3/c17-13-3-1-2-4-14(13)21-7-5-20(6-8-21)11-12(9-18)16(24)19-10-15(22)23/h1-4,11H,5-8,10H2,(H,19,24)(H,22,23)/b12-11-. The number of nitrogens with zero attached hydrogens (tertiary/aromatic N) is 3. The van der Waals surface area contributed by atoms with Crippen LogP contribution in [-0.4, -0.2) is 54.6 Å². The molecule has 7 nitrogen and oxygen atoms in total. The number of para-hydroxylation sites is 1. The average molecular weight is 332 g/mol. The Hall–Kier alpha value is -3.08.